The molecule has 1 aliphatic heterocycles. The monoisotopic (exact) mass is 367 g/mol. The van der Waals surface area contributed by atoms with E-state index in [1.54, 1.807) is 0 Å². The highest BCUT2D eigenvalue weighted by Crippen LogP contribution is 2.30. The molecule has 5 heteroatoms. The molecular formula is C21H22ClN3O. The molecule has 0 saturated carbocycles. The molecule has 2 aromatic rings. The SMILES string of the molecule is CC1=CC(=Nc2cc(COc3ccc(Cl)cc3)nc3c2CCCCC3)N1. The van der Waals surface area contributed by atoms with E-state index in [0.717, 1.165) is 41.5 Å². The van der Waals surface area contributed by atoms with Crippen molar-refractivity contribution in [2.45, 2.75) is 45.6 Å². The van der Waals surface area contributed by atoms with Crippen molar-refractivity contribution < 1.29 is 4.74 Å². The van der Waals surface area contributed by atoms with E-state index in [2.05, 4.69) is 17.5 Å². The van der Waals surface area contributed by atoms with Gasteiger partial charge in [0.1, 0.15) is 18.2 Å². The molecule has 0 radical (unpaired) electrons. The Bertz CT molecular complexity index is 872. The Labute approximate surface area is 159 Å². The maximum absolute atomic E-state index is 5.93. The highest BCUT2D eigenvalue weighted by molar-refractivity contribution is 6.30. The number of aryl methyl sites for hydroxylation is 1. The number of nitrogens with one attached hydrogen (secondary N) is 1. The van der Waals surface area contributed by atoms with Crippen molar-refractivity contribution in [1.29, 1.82) is 0 Å². The highest BCUT2D eigenvalue weighted by atomic mass is 35.5. The average molecular weight is 368 g/mol. The molecule has 134 valence electrons. The Morgan fingerprint density at radius 1 is 1.15 bits per heavy atom. The molecule has 0 amide bonds. The molecule has 4 nitrogen and oxygen atoms in total. The van der Waals surface area contributed by atoms with Crippen LogP contribution in [0.4, 0.5) is 5.69 Å². The van der Waals surface area contributed by atoms with E-state index in [0.29, 0.717) is 11.6 Å². The first-order valence-electron chi connectivity index (χ1n) is 9.11. The maximum atomic E-state index is 5.93. The van der Waals surface area contributed by atoms with Gasteiger partial charge in [-0.05, 0) is 74.6 Å². The topological polar surface area (TPSA) is 46.5 Å². The standard InChI is InChI=1S/C21H22ClN3O/c1-14-11-21(23-14)25-20-12-16(13-26-17-9-7-15(22)8-10-17)24-19-6-4-2-3-5-18(19)20/h7-12H,2-6,13H2,1H3,(H,23,24,25). The normalized spacial score (nSPS) is 17.6. The minimum absolute atomic E-state index is 0.426. The van der Waals surface area contributed by atoms with Gasteiger partial charge in [-0.2, -0.15) is 0 Å². The number of rotatable bonds is 4. The largest absolute Gasteiger partial charge is 0.487 e. The van der Waals surface area contributed by atoms with Crippen molar-refractivity contribution in [3.05, 3.63) is 64.1 Å². The molecule has 2 heterocycles. The Balaban J connectivity index is 1.61. The predicted molar refractivity (Wildman–Crippen MR) is 105 cm³/mol. The summed E-state index contributed by atoms with van der Waals surface area (Å²) in [6, 6.07) is 9.47. The fourth-order valence-electron chi connectivity index (χ4n) is 3.37. The maximum Gasteiger partial charge on any atom is 0.132 e. The first-order valence-corrected chi connectivity index (χ1v) is 9.49. The molecule has 2 aliphatic rings. The third-order valence-electron chi connectivity index (χ3n) is 4.70. The highest BCUT2D eigenvalue weighted by Gasteiger charge is 2.17. The van der Waals surface area contributed by atoms with Crippen molar-refractivity contribution in [2.24, 2.45) is 4.99 Å². The molecule has 1 aliphatic carbocycles. The van der Waals surface area contributed by atoms with Crippen LogP contribution >= 0.6 is 11.6 Å². The first kappa shape index (κ1) is 17.1. The van der Waals surface area contributed by atoms with E-state index in [4.69, 9.17) is 26.3 Å². The van der Waals surface area contributed by atoms with E-state index in [1.165, 1.54) is 30.5 Å². The fourth-order valence-corrected chi connectivity index (χ4v) is 3.50. The van der Waals surface area contributed by atoms with Crippen molar-refractivity contribution in [3.8, 4) is 5.75 Å². The Morgan fingerprint density at radius 3 is 2.69 bits per heavy atom. The van der Waals surface area contributed by atoms with Gasteiger partial charge in [-0.25, -0.2) is 4.99 Å². The van der Waals surface area contributed by atoms with Gasteiger partial charge < -0.3 is 10.1 Å². The van der Waals surface area contributed by atoms with Crippen molar-refractivity contribution >= 4 is 23.1 Å². The van der Waals surface area contributed by atoms with Gasteiger partial charge in [0.2, 0.25) is 0 Å². The van der Waals surface area contributed by atoms with E-state index in [1.807, 2.05) is 31.2 Å². The first-order chi connectivity index (χ1) is 12.7. The van der Waals surface area contributed by atoms with Gasteiger partial charge in [-0.3, -0.25) is 4.98 Å². The van der Waals surface area contributed by atoms with Crippen LogP contribution in [0.2, 0.25) is 5.02 Å². The number of hydrogen-bond acceptors (Lipinski definition) is 3. The van der Waals surface area contributed by atoms with Gasteiger partial charge in [-0.15, -0.1) is 0 Å². The van der Waals surface area contributed by atoms with Crippen molar-refractivity contribution in [1.82, 2.24) is 10.3 Å². The second-order valence-corrected chi connectivity index (χ2v) is 7.25. The third-order valence-corrected chi connectivity index (χ3v) is 4.95. The second-order valence-electron chi connectivity index (χ2n) is 6.81. The van der Waals surface area contributed by atoms with E-state index >= 15 is 0 Å². The summed E-state index contributed by atoms with van der Waals surface area (Å²) in [7, 11) is 0. The Morgan fingerprint density at radius 2 is 1.92 bits per heavy atom. The third kappa shape index (κ3) is 3.91. The lowest BCUT2D eigenvalue weighted by atomic mass is 10.1. The number of pyridine rings is 1. The molecular weight excluding hydrogens is 346 g/mol. The zero-order valence-electron chi connectivity index (χ0n) is 14.9. The summed E-state index contributed by atoms with van der Waals surface area (Å²) in [6.07, 6.45) is 7.78. The van der Waals surface area contributed by atoms with Crippen LogP contribution in [0, 0.1) is 0 Å². The van der Waals surface area contributed by atoms with Crippen LogP contribution in [0.1, 0.15) is 43.1 Å². The molecule has 1 aromatic heterocycles. The van der Waals surface area contributed by atoms with Crippen LogP contribution in [-0.2, 0) is 19.4 Å². The summed E-state index contributed by atoms with van der Waals surface area (Å²) in [4.78, 5) is 9.69. The second kappa shape index (κ2) is 7.50. The fraction of sp³-hybridized carbons (Fsp3) is 0.333. The lowest BCUT2D eigenvalue weighted by Gasteiger charge is -2.18. The summed E-state index contributed by atoms with van der Waals surface area (Å²) >= 11 is 5.93. The summed E-state index contributed by atoms with van der Waals surface area (Å²) < 4.78 is 5.89. The Kier molecular flexibility index (Phi) is 4.93. The van der Waals surface area contributed by atoms with Crippen LogP contribution in [0.5, 0.6) is 5.75 Å². The van der Waals surface area contributed by atoms with Gasteiger partial charge in [0.25, 0.3) is 0 Å². The molecule has 0 fully saturated rings. The van der Waals surface area contributed by atoms with Gasteiger partial charge in [0, 0.05) is 16.4 Å². The number of fused-ring (bicyclic) bond motifs is 1. The number of hydrogen-bond donors (Lipinski definition) is 1. The number of ether oxygens (including phenoxy) is 1. The number of allylic oxidation sites excluding steroid dienone is 1. The molecule has 26 heavy (non-hydrogen) atoms. The number of nitrogens with zero attached hydrogens (tertiary/aromatic N) is 2. The zero-order valence-corrected chi connectivity index (χ0v) is 15.6. The summed E-state index contributed by atoms with van der Waals surface area (Å²) in [5.41, 5.74) is 5.57. The molecule has 0 bridgehead atoms. The Hall–Kier alpha value is -2.33. The van der Waals surface area contributed by atoms with Crippen LogP contribution in [0.3, 0.4) is 0 Å². The number of benzene rings is 1. The molecule has 1 N–H and O–H groups in total. The van der Waals surface area contributed by atoms with E-state index in [9.17, 15) is 0 Å². The smallest absolute Gasteiger partial charge is 0.132 e. The quantitative estimate of drug-likeness (QED) is 0.763. The van der Waals surface area contributed by atoms with E-state index < -0.39 is 0 Å². The predicted octanol–water partition coefficient (Wildman–Crippen LogP) is 5.12. The zero-order chi connectivity index (χ0) is 17.9. The number of aromatic nitrogens is 1. The van der Waals surface area contributed by atoms with Crippen LogP contribution in [0.25, 0.3) is 0 Å². The van der Waals surface area contributed by atoms with Crippen LogP contribution < -0.4 is 10.1 Å². The summed E-state index contributed by atoms with van der Waals surface area (Å²) in [6.45, 7) is 2.46. The minimum Gasteiger partial charge on any atom is -0.487 e. The molecule has 0 atom stereocenters. The van der Waals surface area contributed by atoms with Crippen molar-refractivity contribution in [2.75, 3.05) is 0 Å². The molecule has 0 unspecified atom stereocenters. The van der Waals surface area contributed by atoms with Crippen molar-refractivity contribution in [3.63, 3.8) is 0 Å². The molecule has 1 aromatic carbocycles. The molecule has 0 spiro atoms. The van der Waals surface area contributed by atoms with Gasteiger partial charge >= 0.3 is 0 Å². The van der Waals surface area contributed by atoms with Gasteiger partial charge in [-0.1, -0.05) is 18.0 Å². The van der Waals surface area contributed by atoms with Gasteiger partial charge in [0.05, 0.1) is 11.4 Å². The lowest BCUT2D eigenvalue weighted by molar-refractivity contribution is 0.301. The number of amidine groups is 1. The van der Waals surface area contributed by atoms with Crippen LogP contribution in [0.15, 0.2) is 47.1 Å². The molecule has 4 rings (SSSR count). The summed E-state index contributed by atoms with van der Waals surface area (Å²) in [5, 5.41) is 3.95. The average Bonchev–Trinajstić information content (AvgIpc) is 2.85. The molecule has 0 saturated heterocycles. The van der Waals surface area contributed by atoms with Crippen LogP contribution in [-0.4, -0.2) is 10.8 Å². The minimum atomic E-state index is 0.426. The number of halogens is 1. The summed E-state index contributed by atoms with van der Waals surface area (Å²) in [5.74, 6) is 1.71. The van der Waals surface area contributed by atoms with Gasteiger partial charge in [0.15, 0.2) is 0 Å². The lowest BCUT2D eigenvalue weighted by Crippen LogP contribution is -2.29. The number of aliphatic imine (C=N–C) groups is 1. The van der Waals surface area contributed by atoms with E-state index in [-0.39, 0.29) is 0 Å².